The third-order valence-corrected chi connectivity index (χ3v) is 2.49. The number of hydrogen-bond acceptors (Lipinski definition) is 0. The summed E-state index contributed by atoms with van der Waals surface area (Å²) in [6, 6.07) is 0. The molecule has 0 bridgehead atoms. The molecule has 0 heterocycles. The van der Waals surface area contributed by atoms with E-state index in [-0.39, 0.29) is 0 Å². The van der Waals surface area contributed by atoms with Crippen molar-refractivity contribution in [3.63, 3.8) is 0 Å². The number of allylic oxidation sites excluding steroid dienone is 10. The SMILES string of the molecule is C1=CC2=CC3=CC=CC3C2=C1. The van der Waals surface area contributed by atoms with Gasteiger partial charge in [0.25, 0.3) is 0 Å². The average molecular weight is 140 g/mol. The van der Waals surface area contributed by atoms with Crippen molar-refractivity contribution in [1.82, 2.24) is 0 Å². The summed E-state index contributed by atoms with van der Waals surface area (Å²) in [6.07, 6.45) is 15.4. The van der Waals surface area contributed by atoms with Gasteiger partial charge in [-0.25, -0.2) is 0 Å². The van der Waals surface area contributed by atoms with Crippen LogP contribution in [0.5, 0.6) is 0 Å². The maximum absolute atomic E-state index is 2.28. The zero-order valence-corrected chi connectivity index (χ0v) is 6.12. The molecule has 0 heteroatoms. The van der Waals surface area contributed by atoms with Crippen LogP contribution in [0.15, 0.2) is 59.3 Å². The van der Waals surface area contributed by atoms with E-state index in [1.807, 2.05) is 0 Å². The summed E-state index contributed by atoms with van der Waals surface area (Å²) in [5.41, 5.74) is 4.34. The number of fused-ring (bicyclic) bond motifs is 3. The van der Waals surface area contributed by atoms with Crippen LogP contribution in [0.2, 0.25) is 0 Å². The van der Waals surface area contributed by atoms with Crippen LogP contribution in [-0.4, -0.2) is 0 Å². The van der Waals surface area contributed by atoms with E-state index >= 15 is 0 Å². The maximum atomic E-state index is 2.28. The minimum atomic E-state index is 0.583. The molecule has 0 saturated heterocycles. The molecular weight excluding hydrogens is 132 g/mol. The largest absolute Gasteiger partial charge is 0.0726 e. The van der Waals surface area contributed by atoms with Crippen LogP contribution < -0.4 is 0 Å². The number of hydrogen-bond donors (Lipinski definition) is 0. The quantitative estimate of drug-likeness (QED) is 0.485. The summed E-state index contributed by atoms with van der Waals surface area (Å²) in [7, 11) is 0. The topological polar surface area (TPSA) is 0 Å². The lowest BCUT2D eigenvalue weighted by atomic mass is 10.00. The molecule has 3 aliphatic carbocycles. The van der Waals surface area contributed by atoms with Gasteiger partial charge in [-0.05, 0) is 16.7 Å². The molecule has 0 aromatic rings. The highest BCUT2D eigenvalue weighted by Gasteiger charge is 2.26. The predicted octanol–water partition coefficient (Wildman–Crippen LogP) is 2.54. The van der Waals surface area contributed by atoms with Crippen molar-refractivity contribution < 1.29 is 0 Å². The fraction of sp³-hybridized carbons (Fsp3) is 0.0909. The third kappa shape index (κ3) is 0.548. The Morgan fingerprint density at radius 2 is 2.09 bits per heavy atom. The Balaban J connectivity index is 2.22. The lowest BCUT2D eigenvalue weighted by molar-refractivity contribution is 1.01. The smallest absolute Gasteiger partial charge is 0.0278 e. The Bertz CT molecular complexity index is 359. The van der Waals surface area contributed by atoms with E-state index in [1.165, 1.54) is 16.7 Å². The standard InChI is InChI=1S/C11H8/c1-3-8-7-9-4-2-6-11(9)10(8)5-1/h1-7,10H. The summed E-state index contributed by atoms with van der Waals surface area (Å²) in [4.78, 5) is 0. The molecule has 1 atom stereocenters. The predicted molar refractivity (Wildman–Crippen MR) is 46.0 cm³/mol. The lowest BCUT2D eigenvalue weighted by Gasteiger charge is -2.03. The summed E-state index contributed by atoms with van der Waals surface area (Å²) in [5, 5.41) is 0. The van der Waals surface area contributed by atoms with Gasteiger partial charge in [0.2, 0.25) is 0 Å². The Labute approximate surface area is 65.9 Å². The van der Waals surface area contributed by atoms with E-state index in [2.05, 4.69) is 42.5 Å². The van der Waals surface area contributed by atoms with Crippen LogP contribution in [0.3, 0.4) is 0 Å². The molecule has 0 nitrogen and oxygen atoms in total. The molecule has 0 saturated carbocycles. The summed E-state index contributed by atoms with van der Waals surface area (Å²) < 4.78 is 0. The van der Waals surface area contributed by atoms with E-state index in [0.29, 0.717) is 5.92 Å². The maximum Gasteiger partial charge on any atom is 0.0278 e. The minimum absolute atomic E-state index is 0.583. The Hall–Kier alpha value is -1.30. The second-order valence-corrected chi connectivity index (χ2v) is 3.11. The van der Waals surface area contributed by atoms with Gasteiger partial charge in [-0.3, -0.25) is 0 Å². The van der Waals surface area contributed by atoms with Gasteiger partial charge in [0, 0.05) is 5.92 Å². The molecule has 0 spiro atoms. The highest BCUT2D eigenvalue weighted by Crippen LogP contribution is 2.41. The molecule has 3 aliphatic rings. The molecule has 0 fully saturated rings. The van der Waals surface area contributed by atoms with Crippen molar-refractivity contribution in [3.05, 3.63) is 59.3 Å². The average Bonchev–Trinajstić information content (AvgIpc) is 2.52. The minimum Gasteiger partial charge on any atom is -0.0726 e. The van der Waals surface area contributed by atoms with Gasteiger partial charge in [0.15, 0.2) is 0 Å². The van der Waals surface area contributed by atoms with Crippen molar-refractivity contribution in [1.29, 1.82) is 0 Å². The third-order valence-electron chi connectivity index (χ3n) is 2.49. The van der Waals surface area contributed by atoms with Crippen LogP contribution in [0.1, 0.15) is 0 Å². The molecule has 0 amide bonds. The molecule has 0 aliphatic heterocycles. The molecule has 0 aromatic heterocycles. The Morgan fingerprint density at radius 1 is 1.09 bits per heavy atom. The van der Waals surface area contributed by atoms with Crippen molar-refractivity contribution >= 4 is 0 Å². The fourth-order valence-corrected chi connectivity index (χ4v) is 1.96. The van der Waals surface area contributed by atoms with Gasteiger partial charge >= 0.3 is 0 Å². The van der Waals surface area contributed by atoms with Gasteiger partial charge < -0.3 is 0 Å². The fourth-order valence-electron chi connectivity index (χ4n) is 1.96. The van der Waals surface area contributed by atoms with Crippen molar-refractivity contribution in [2.24, 2.45) is 5.92 Å². The van der Waals surface area contributed by atoms with Crippen molar-refractivity contribution in [2.75, 3.05) is 0 Å². The highest BCUT2D eigenvalue weighted by molar-refractivity contribution is 5.64. The second kappa shape index (κ2) is 1.65. The zero-order chi connectivity index (χ0) is 7.26. The van der Waals surface area contributed by atoms with Gasteiger partial charge in [-0.15, -0.1) is 0 Å². The van der Waals surface area contributed by atoms with Gasteiger partial charge in [0.05, 0.1) is 0 Å². The number of rotatable bonds is 0. The molecule has 0 aromatic carbocycles. The molecule has 0 N–H and O–H groups in total. The first kappa shape index (κ1) is 5.36. The van der Waals surface area contributed by atoms with Gasteiger partial charge in [-0.2, -0.15) is 0 Å². The van der Waals surface area contributed by atoms with E-state index in [4.69, 9.17) is 0 Å². The first-order chi connectivity index (χ1) is 5.45. The first-order valence-electron chi connectivity index (χ1n) is 3.94. The van der Waals surface area contributed by atoms with E-state index in [9.17, 15) is 0 Å². The van der Waals surface area contributed by atoms with E-state index in [1.54, 1.807) is 0 Å². The van der Waals surface area contributed by atoms with E-state index in [0.717, 1.165) is 0 Å². The van der Waals surface area contributed by atoms with Crippen molar-refractivity contribution in [3.8, 4) is 0 Å². The van der Waals surface area contributed by atoms with Gasteiger partial charge in [0.1, 0.15) is 0 Å². The summed E-state index contributed by atoms with van der Waals surface area (Å²) >= 11 is 0. The van der Waals surface area contributed by atoms with Crippen LogP contribution in [-0.2, 0) is 0 Å². The summed E-state index contributed by atoms with van der Waals surface area (Å²) in [5.74, 6) is 0.583. The normalized spacial score (nSPS) is 29.8. The first-order valence-corrected chi connectivity index (χ1v) is 3.94. The van der Waals surface area contributed by atoms with Crippen LogP contribution in [0.25, 0.3) is 0 Å². The molecule has 1 unspecified atom stereocenters. The molecular formula is C11H8. The van der Waals surface area contributed by atoms with Crippen LogP contribution >= 0.6 is 0 Å². The second-order valence-electron chi connectivity index (χ2n) is 3.11. The lowest BCUT2D eigenvalue weighted by Crippen LogP contribution is -1.91. The van der Waals surface area contributed by atoms with Crippen LogP contribution in [0.4, 0.5) is 0 Å². The molecule has 52 valence electrons. The summed E-state index contributed by atoms with van der Waals surface area (Å²) in [6.45, 7) is 0. The molecule has 11 heavy (non-hydrogen) atoms. The Morgan fingerprint density at radius 3 is 3.09 bits per heavy atom. The monoisotopic (exact) mass is 140 g/mol. The van der Waals surface area contributed by atoms with E-state index < -0.39 is 0 Å². The zero-order valence-electron chi connectivity index (χ0n) is 6.12. The highest BCUT2D eigenvalue weighted by atomic mass is 14.3. The van der Waals surface area contributed by atoms with Crippen molar-refractivity contribution in [2.45, 2.75) is 0 Å². The molecule has 3 rings (SSSR count). The Kier molecular flexibility index (Phi) is 0.803. The molecule has 0 radical (unpaired) electrons. The van der Waals surface area contributed by atoms with Crippen LogP contribution in [0, 0.1) is 5.92 Å². The van der Waals surface area contributed by atoms with Gasteiger partial charge in [-0.1, -0.05) is 42.5 Å².